The average molecular weight is 723 g/mol. The molecule has 0 bridgehead atoms. The summed E-state index contributed by atoms with van der Waals surface area (Å²) in [5.74, 6) is -0.440. The van der Waals surface area contributed by atoms with Crippen LogP contribution >= 0.6 is 13.4 Å². The first-order valence-electron chi connectivity index (χ1n) is 13.1. The quantitative estimate of drug-likeness (QED) is 0.0968. The normalized spacial score (nSPS) is 37.1. The van der Waals surface area contributed by atoms with E-state index in [2.05, 4.69) is 29.9 Å². The summed E-state index contributed by atoms with van der Waals surface area (Å²) in [4.78, 5) is 67.3. The van der Waals surface area contributed by atoms with Gasteiger partial charge in [0.1, 0.15) is 36.6 Å². The maximum Gasteiger partial charge on any atom is 0.325 e. The Morgan fingerprint density at radius 2 is 1.17 bits per heavy atom. The zero-order valence-corrected chi connectivity index (χ0v) is 26.2. The fraction of sp³-hybridized carbons (Fsp3) is 0.500. The number of nitrogens with two attached hydrogens (primary N) is 2. The Balaban J connectivity index is 1.18. The number of aromatic amines is 2. The van der Waals surface area contributed by atoms with Crippen LogP contribution in [0.5, 0.6) is 0 Å². The van der Waals surface area contributed by atoms with E-state index in [1.807, 2.05) is 0 Å². The lowest BCUT2D eigenvalue weighted by Crippen LogP contribution is -2.39. The molecule has 3 unspecified atom stereocenters. The van der Waals surface area contributed by atoms with Crippen LogP contribution in [0.3, 0.4) is 0 Å². The van der Waals surface area contributed by atoms with Crippen LogP contribution < -0.4 is 22.6 Å². The van der Waals surface area contributed by atoms with Gasteiger partial charge in [0.15, 0.2) is 34.8 Å². The number of rotatable bonds is 2. The first kappa shape index (κ1) is 31.8. The SMILES string of the molecule is Nc1nc2c(ncn2C2O[C@@H]3COP(O)(=S)O[C@H]4[C@@H](O)[C@H](n5cnc6c(=O)[nH]c(N)nc65)O[C@@H]4COP(O)(=S)O[C@H]3[C@H]2O)c(=O)[nH]1. The minimum Gasteiger partial charge on any atom is -0.386 e. The third-order valence-electron chi connectivity index (χ3n) is 7.38. The van der Waals surface area contributed by atoms with Crippen molar-refractivity contribution in [2.75, 3.05) is 24.7 Å². The minimum absolute atomic E-state index is 0.0273. The second kappa shape index (κ2) is 11.4. The number of aliphatic hydroxyl groups is 2. The zero-order chi connectivity index (χ0) is 32.7. The van der Waals surface area contributed by atoms with Crippen molar-refractivity contribution in [3.8, 4) is 0 Å². The number of anilines is 2. The van der Waals surface area contributed by atoms with Crippen molar-refractivity contribution in [3.63, 3.8) is 0 Å². The molecule has 22 nitrogen and oxygen atoms in total. The lowest BCUT2D eigenvalue weighted by atomic mass is 10.1. The summed E-state index contributed by atoms with van der Waals surface area (Å²) in [6, 6.07) is 0. The molecule has 0 aliphatic carbocycles. The average Bonchev–Trinajstić information content (AvgIpc) is 3.72. The van der Waals surface area contributed by atoms with Gasteiger partial charge in [0, 0.05) is 0 Å². The van der Waals surface area contributed by atoms with E-state index in [0.29, 0.717) is 0 Å². The highest BCUT2D eigenvalue weighted by Gasteiger charge is 2.52. The molecule has 4 aromatic rings. The Labute approximate surface area is 264 Å². The van der Waals surface area contributed by atoms with Gasteiger partial charge in [-0.2, -0.15) is 9.97 Å². The molecule has 3 fully saturated rings. The summed E-state index contributed by atoms with van der Waals surface area (Å²) in [6.45, 7) is -9.57. The third-order valence-corrected chi connectivity index (χ3v) is 10.5. The minimum atomic E-state index is -4.21. The number of nitrogen functional groups attached to an aromatic ring is 2. The predicted molar refractivity (Wildman–Crippen MR) is 160 cm³/mol. The molecule has 0 radical (unpaired) electrons. The highest BCUT2D eigenvalue weighted by Crippen LogP contribution is 2.54. The molecule has 3 aliphatic rings. The molecule has 7 rings (SSSR count). The van der Waals surface area contributed by atoms with Crippen molar-refractivity contribution >= 4 is 71.3 Å². The van der Waals surface area contributed by atoms with Crippen LogP contribution in [0.4, 0.5) is 11.9 Å². The molecule has 46 heavy (non-hydrogen) atoms. The number of ether oxygens (including phenoxy) is 2. The molecule has 4 aromatic heterocycles. The monoisotopic (exact) mass is 722 g/mol. The van der Waals surface area contributed by atoms with Crippen LogP contribution in [0.15, 0.2) is 22.2 Å². The first-order valence-corrected chi connectivity index (χ1v) is 18.3. The van der Waals surface area contributed by atoms with Gasteiger partial charge in [-0.15, -0.1) is 0 Å². The fourth-order valence-corrected chi connectivity index (χ4v) is 8.28. The second-order valence-corrected chi connectivity index (χ2v) is 15.9. The van der Waals surface area contributed by atoms with E-state index < -0.39 is 86.8 Å². The van der Waals surface area contributed by atoms with Gasteiger partial charge in [-0.1, -0.05) is 0 Å². The summed E-state index contributed by atoms with van der Waals surface area (Å²) in [6.07, 6.45) is -8.84. The van der Waals surface area contributed by atoms with Crippen molar-refractivity contribution in [3.05, 3.63) is 33.4 Å². The molecule has 0 spiro atoms. The van der Waals surface area contributed by atoms with Crippen LogP contribution in [-0.4, -0.2) is 109 Å². The fourth-order valence-electron chi connectivity index (χ4n) is 5.39. The lowest BCUT2D eigenvalue weighted by Gasteiger charge is -2.30. The maximum atomic E-state index is 12.3. The molecule has 248 valence electrons. The van der Waals surface area contributed by atoms with Crippen molar-refractivity contribution in [2.45, 2.75) is 49.1 Å². The molecular weight excluding hydrogens is 698 g/mol. The first-order chi connectivity index (χ1) is 21.7. The highest BCUT2D eigenvalue weighted by atomic mass is 32.5. The predicted octanol–water partition coefficient (Wildman–Crippen LogP) is -2.82. The van der Waals surface area contributed by atoms with E-state index in [9.17, 15) is 29.6 Å². The van der Waals surface area contributed by atoms with Gasteiger partial charge < -0.3 is 50.0 Å². The summed E-state index contributed by atoms with van der Waals surface area (Å²) in [5.41, 5.74) is 9.84. The van der Waals surface area contributed by atoms with E-state index in [0.717, 1.165) is 0 Å². The van der Waals surface area contributed by atoms with Crippen molar-refractivity contribution in [1.29, 1.82) is 0 Å². The summed E-state index contributed by atoms with van der Waals surface area (Å²) < 4.78 is 36.8. The topological polar surface area (TPSA) is 315 Å². The number of imidazole rings is 2. The van der Waals surface area contributed by atoms with Crippen LogP contribution in [-0.2, 0) is 51.2 Å². The second-order valence-electron chi connectivity index (χ2n) is 10.3. The number of aliphatic hydroxyl groups excluding tert-OH is 2. The van der Waals surface area contributed by atoms with Crippen molar-refractivity contribution in [2.24, 2.45) is 0 Å². The Bertz CT molecular complexity index is 1910. The smallest absolute Gasteiger partial charge is 0.325 e. The van der Waals surface area contributed by atoms with Crippen molar-refractivity contribution < 1.29 is 47.6 Å². The van der Waals surface area contributed by atoms with Gasteiger partial charge >= 0.3 is 13.4 Å². The van der Waals surface area contributed by atoms with Crippen LogP contribution in [0.1, 0.15) is 12.5 Å². The lowest BCUT2D eigenvalue weighted by molar-refractivity contribution is -0.0593. The molecule has 3 saturated heterocycles. The van der Waals surface area contributed by atoms with Crippen LogP contribution in [0, 0.1) is 0 Å². The van der Waals surface area contributed by atoms with Gasteiger partial charge in [-0.25, -0.2) is 9.97 Å². The number of hydrogen-bond donors (Lipinski definition) is 8. The largest absolute Gasteiger partial charge is 0.386 e. The van der Waals surface area contributed by atoms with E-state index >= 15 is 0 Å². The van der Waals surface area contributed by atoms with Gasteiger partial charge in [-0.3, -0.25) is 37.7 Å². The molecule has 3 aliphatic heterocycles. The molecule has 0 aromatic carbocycles. The Morgan fingerprint density at radius 1 is 0.783 bits per heavy atom. The maximum absolute atomic E-state index is 12.3. The van der Waals surface area contributed by atoms with Gasteiger partial charge in [0.25, 0.3) is 11.1 Å². The molecule has 0 saturated carbocycles. The zero-order valence-electron chi connectivity index (χ0n) is 22.8. The number of fused-ring (bicyclic) bond motifs is 4. The standard InChI is InChI=1S/C20H24N10O12P2S2/c21-19-25-13-7(15(33)27-19)23-3-29(13)17-9(31)11-5(39-17)1-37-43(35,45)42-12-6(2-38-44(36,46)41-11)40-18(10(12)32)30-4-24-8-14(30)26-20(22)28-16(8)34/h3-6,9-12,17-18,31-32H,1-2H2,(H,35,45)(H,36,46)(H3,21,25,27,33)(H3,22,26,28,34)/t5-,6-,9-,10-,11-,12-,17-,18?,43?,44?/m1/s1. The Morgan fingerprint density at radius 3 is 1.57 bits per heavy atom. The Hall–Kier alpha value is -2.80. The van der Waals surface area contributed by atoms with Gasteiger partial charge in [-0.05, 0) is 23.6 Å². The van der Waals surface area contributed by atoms with Crippen molar-refractivity contribution in [1.82, 2.24) is 39.0 Å². The molecule has 7 heterocycles. The number of hydrogen-bond acceptors (Lipinski definition) is 18. The number of H-pyrrole nitrogens is 2. The summed E-state index contributed by atoms with van der Waals surface area (Å²) in [7, 11) is 0. The van der Waals surface area contributed by atoms with E-state index in [4.69, 9.17) is 62.6 Å². The molecule has 0 amide bonds. The van der Waals surface area contributed by atoms with Crippen LogP contribution in [0.25, 0.3) is 22.3 Å². The van der Waals surface area contributed by atoms with Gasteiger partial charge in [0.2, 0.25) is 11.9 Å². The number of aromatic nitrogens is 8. The molecular formula is C20H24N10O12P2S2. The van der Waals surface area contributed by atoms with Crippen LogP contribution in [0.2, 0.25) is 0 Å². The molecule has 26 heteroatoms. The Kier molecular flexibility index (Phi) is 7.89. The molecule has 10 atom stereocenters. The summed E-state index contributed by atoms with van der Waals surface area (Å²) in [5, 5.41) is 22.5. The molecule has 10 N–H and O–H groups in total. The number of nitrogens with zero attached hydrogens (tertiary/aromatic N) is 6. The van der Waals surface area contributed by atoms with E-state index in [1.165, 1.54) is 21.8 Å². The van der Waals surface area contributed by atoms with E-state index in [1.54, 1.807) is 0 Å². The van der Waals surface area contributed by atoms with E-state index in [-0.39, 0.29) is 34.2 Å². The highest BCUT2D eigenvalue weighted by molar-refractivity contribution is 8.07. The number of nitrogens with one attached hydrogen (secondary N) is 2. The van der Waals surface area contributed by atoms with Gasteiger partial charge in [0.05, 0.1) is 25.9 Å². The third kappa shape index (κ3) is 5.58. The summed E-state index contributed by atoms with van der Waals surface area (Å²) >= 11 is 10.4.